The van der Waals surface area contributed by atoms with Crippen molar-refractivity contribution in [2.45, 2.75) is 37.8 Å². The lowest BCUT2D eigenvalue weighted by Crippen LogP contribution is -2.35. The highest BCUT2D eigenvalue weighted by Crippen LogP contribution is 2.47. The monoisotopic (exact) mass is 541 g/mol. The minimum atomic E-state index is -0.581. The Morgan fingerprint density at radius 1 is 1.12 bits per heavy atom. The van der Waals surface area contributed by atoms with Gasteiger partial charge in [-0.15, -0.1) is 0 Å². The number of rotatable bonds is 5. The summed E-state index contributed by atoms with van der Waals surface area (Å²) in [6, 6.07) is 13.3. The van der Waals surface area contributed by atoms with Gasteiger partial charge in [0.1, 0.15) is 16.8 Å². The lowest BCUT2D eigenvalue weighted by molar-refractivity contribution is 0.0789. The molecule has 2 saturated heterocycles. The number of amides is 1. The Kier molecular flexibility index (Phi) is 6.01. The maximum Gasteiger partial charge on any atom is 0.259 e. The van der Waals surface area contributed by atoms with Crippen molar-refractivity contribution in [3.05, 3.63) is 70.3 Å². The lowest BCUT2D eigenvalue weighted by Gasteiger charge is -2.28. The number of benzene rings is 3. The summed E-state index contributed by atoms with van der Waals surface area (Å²) in [7, 11) is 2.12. The van der Waals surface area contributed by atoms with Gasteiger partial charge < -0.3 is 30.2 Å². The summed E-state index contributed by atoms with van der Waals surface area (Å²) < 4.78 is 24.2. The molecule has 1 amide bonds. The molecule has 0 bridgehead atoms. The van der Waals surface area contributed by atoms with E-state index < -0.39 is 11.2 Å². The molecule has 8 nitrogen and oxygen atoms in total. The van der Waals surface area contributed by atoms with Crippen molar-refractivity contribution in [1.29, 1.82) is 0 Å². The predicted octanol–water partition coefficient (Wildman–Crippen LogP) is 4.46. The zero-order chi connectivity index (χ0) is 27.5. The molecule has 9 heteroatoms. The number of hydrogen-bond acceptors (Lipinski definition) is 6. The molecule has 206 valence electrons. The van der Waals surface area contributed by atoms with Crippen LogP contribution < -0.4 is 21.2 Å². The van der Waals surface area contributed by atoms with Gasteiger partial charge in [-0.05, 0) is 56.8 Å². The average molecular weight is 542 g/mol. The summed E-state index contributed by atoms with van der Waals surface area (Å²) in [6.07, 6.45) is 5.43. The van der Waals surface area contributed by atoms with Crippen LogP contribution in [0.15, 0.2) is 53.5 Å². The number of carbonyl (C=O) groups excluding carboxylic acids is 1. The first-order valence-corrected chi connectivity index (χ1v) is 14.0. The molecule has 2 fully saturated rings. The van der Waals surface area contributed by atoms with Crippen LogP contribution in [0.1, 0.15) is 36.0 Å². The van der Waals surface area contributed by atoms with E-state index in [0.29, 0.717) is 49.1 Å². The molecule has 40 heavy (non-hydrogen) atoms. The summed E-state index contributed by atoms with van der Waals surface area (Å²) in [4.78, 5) is 31.2. The summed E-state index contributed by atoms with van der Waals surface area (Å²) in [5.41, 5.74) is 6.89. The van der Waals surface area contributed by atoms with Crippen LogP contribution in [0.4, 0.5) is 10.1 Å². The highest BCUT2D eigenvalue weighted by molar-refractivity contribution is 6.03. The Labute approximate surface area is 231 Å². The van der Waals surface area contributed by atoms with E-state index in [1.165, 1.54) is 12.5 Å². The van der Waals surface area contributed by atoms with Crippen molar-refractivity contribution in [3.63, 3.8) is 0 Å². The third kappa shape index (κ3) is 3.95. The Balaban J connectivity index is 1.40. The molecule has 0 radical (unpaired) electrons. The van der Waals surface area contributed by atoms with Crippen LogP contribution in [0.25, 0.3) is 27.4 Å². The maximum atomic E-state index is 15.8. The minimum absolute atomic E-state index is 0.00191. The number of hydrogen-bond donors (Lipinski definition) is 2. The first-order chi connectivity index (χ1) is 19.4. The van der Waals surface area contributed by atoms with Crippen LogP contribution in [0.5, 0.6) is 11.5 Å². The molecule has 2 atom stereocenters. The molecule has 3 aliphatic heterocycles. The third-order valence-corrected chi connectivity index (χ3v) is 8.71. The van der Waals surface area contributed by atoms with Crippen LogP contribution in [-0.2, 0) is 0 Å². The molecular formula is C31H32FN5O3. The molecule has 1 unspecified atom stereocenters. The number of fused-ring (bicyclic) bond motifs is 4. The van der Waals surface area contributed by atoms with E-state index in [4.69, 9.17) is 10.5 Å². The number of halogens is 1. The van der Waals surface area contributed by atoms with Crippen LogP contribution in [0.2, 0.25) is 0 Å². The molecule has 4 aromatic rings. The molecule has 0 saturated carbocycles. The number of anilines is 1. The largest absolute Gasteiger partial charge is 0.450 e. The van der Waals surface area contributed by atoms with Crippen LogP contribution in [0, 0.1) is 5.82 Å². The quantitative estimate of drug-likeness (QED) is 0.341. The second-order valence-electron chi connectivity index (χ2n) is 11.2. The van der Waals surface area contributed by atoms with Crippen LogP contribution in [0.3, 0.4) is 0 Å². The molecule has 4 heterocycles. The fourth-order valence-electron chi connectivity index (χ4n) is 6.51. The number of aromatic nitrogens is 1. The average Bonchev–Trinajstić information content (AvgIpc) is 3.58. The van der Waals surface area contributed by atoms with Crippen molar-refractivity contribution in [2.75, 3.05) is 38.5 Å². The highest BCUT2D eigenvalue weighted by Gasteiger charge is 2.32. The molecule has 0 aliphatic carbocycles. The molecule has 3 aromatic carbocycles. The Bertz CT molecular complexity index is 1730. The zero-order valence-corrected chi connectivity index (χ0v) is 22.5. The first kappa shape index (κ1) is 25.0. The number of likely N-dealkylation sites (tertiary alicyclic amines) is 2. The van der Waals surface area contributed by atoms with Gasteiger partial charge in [-0.25, -0.2) is 4.39 Å². The fraction of sp³-hybridized carbons (Fsp3) is 0.355. The van der Waals surface area contributed by atoms with Gasteiger partial charge in [0.15, 0.2) is 17.3 Å². The van der Waals surface area contributed by atoms with E-state index in [2.05, 4.69) is 17.3 Å². The van der Waals surface area contributed by atoms with Crippen molar-refractivity contribution in [3.8, 4) is 17.2 Å². The highest BCUT2D eigenvalue weighted by atomic mass is 19.1. The second-order valence-corrected chi connectivity index (χ2v) is 11.2. The van der Waals surface area contributed by atoms with E-state index in [1.807, 2.05) is 41.0 Å². The Hall–Kier alpha value is -3.95. The first-order valence-electron chi connectivity index (χ1n) is 14.0. The standard InChI is InChI=1S/C31H32FN5O3/c1-35-13-4-6-20(35)10-12-34-26-24(32)15-22-27-30(26)40-29-21-7-3-2-5-18(21)8-9-25(29)37(27)17-23(28(22)38)31(39)36-14-11-19(33)16-36/h2-3,5,7-9,15,17,19-20,34H,4,6,10-14,16,33H2,1H3/t19-,20?/m1/s1. The van der Waals surface area contributed by atoms with E-state index >= 15 is 4.39 Å². The molecule has 3 N–H and O–H groups in total. The minimum Gasteiger partial charge on any atom is -0.450 e. The number of ether oxygens (including phenoxy) is 1. The van der Waals surface area contributed by atoms with Crippen molar-refractivity contribution >= 4 is 33.3 Å². The van der Waals surface area contributed by atoms with Gasteiger partial charge in [0.05, 0.1) is 11.1 Å². The lowest BCUT2D eigenvalue weighted by atomic mass is 10.0. The summed E-state index contributed by atoms with van der Waals surface area (Å²) in [6.45, 7) is 2.51. The van der Waals surface area contributed by atoms with Crippen molar-refractivity contribution in [1.82, 2.24) is 14.4 Å². The predicted molar refractivity (Wildman–Crippen MR) is 154 cm³/mol. The molecule has 0 spiro atoms. The molecular weight excluding hydrogens is 509 g/mol. The number of nitrogens with zero attached hydrogens (tertiary/aromatic N) is 3. The number of nitrogens with two attached hydrogens (primary N) is 1. The summed E-state index contributed by atoms with van der Waals surface area (Å²) >= 11 is 0. The third-order valence-electron chi connectivity index (χ3n) is 8.71. The zero-order valence-electron chi connectivity index (χ0n) is 22.5. The van der Waals surface area contributed by atoms with Gasteiger partial charge in [-0.3, -0.25) is 9.59 Å². The van der Waals surface area contributed by atoms with Crippen LogP contribution in [-0.4, -0.2) is 65.6 Å². The van der Waals surface area contributed by atoms with E-state index in [0.717, 1.165) is 30.2 Å². The van der Waals surface area contributed by atoms with Crippen molar-refractivity contribution in [2.24, 2.45) is 5.73 Å². The molecule has 3 aliphatic rings. The van der Waals surface area contributed by atoms with Crippen LogP contribution >= 0.6 is 0 Å². The van der Waals surface area contributed by atoms with Crippen molar-refractivity contribution < 1.29 is 13.9 Å². The van der Waals surface area contributed by atoms with E-state index in [1.54, 1.807) is 11.1 Å². The maximum absolute atomic E-state index is 15.8. The van der Waals surface area contributed by atoms with Gasteiger partial charge in [0.25, 0.3) is 5.91 Å². The topological polar surface area (TPSA) is 92.8 Å². The SMILES string of the molecule is CN1CCCC1CCNc1c(F)cc2c(=O)c(C(=O)N3CC[C@@H](N)C3)cn3c2c1Oc1c-3ccc2ccccc12. The van der Waals surface area contributed by atoms with E-state index in [9.17, 15) is 9.59 Å². The Morgan fingerprint density at radius 3 is 2.75 bits per heavy atom. The normalized spacial score (nSPS) is 20.2. The molecule has 1 aromatic heterocycles. The molecule has 7 rings (SSSR count). The number of pyridine rings is 1. The summed E-state index contributed by atoms with van der Waals surface area (Å²) in [5.74, 6) is -0.149. The second kappa shape index (κ2) is 9.60. The van der Waals surface area contributed by atoms with Gasteiger partial charge in [-0.1, -0.05) is 30.3 Å². The van der Waals surface area contributed by atoms with Gasteiger partial charge >= 0.3 is 0 Å². The number of carbonyl (C=O) groups is 1. The van der Waals surface area contributed by atoms with E-state index in [-0.39, 0.29) is 34.3 Å². The van der Waals surface area contributed by atoms with Gasteiger partial charge in [-0.2, -0.15) is 0 Å². The van der Waals surface area contributed by atoms with Gasteiger partial charge in [0, 0.05) is 43.3 Å². The summed E-state index contributed by atoms with van der Waals surface area (Å²) in [5, 5.41) is 5.23. The smallest absolute Gasteiger partial charge is 0.259 e. The Morgan fingerprint density at radius 2 is 1.98 bits per heavy atom. The van der Waals surface area contributed by atoms with Gasteiger partial charge in [0.2, 0.25) is 5.43 Å². The number of nitrogens with one attached hydrogen (secondary N) is 1. The fourth-order valence-corrected chi connectivity index (χ4v) is 6.51.